The predicted octanol–water partition coefficient (Wildman–Crippen LogP) is 2.28. The number of urea groups is 1. The lowest BCUT2D eigenvalue weighted by molar-refractivity contribution is -0.138. The Morgan fingerprint density at radius 2 is 2.00 bits per heavy atom. The Labute approximate surface area is 230 Å². The van der Waals surface area contributed by atoms with E-state index in [0.717, 1.165) is 5.56 Å². The van der Waals surface area contributed by atoms with Gasteiger partial charge in [-0.1, -0.05) is 44.2 Å². The summed E-state index contributed by atoms with van der Waals surface area (Å²) in [4.78, 5) is 43.5. The molecule has 1 aliphatic heterocycles. The zero-order chi connectivity index (χ0) is 28.8. The number of amides is 4. The SMILES string of the molecule is CNC(=O)NCc1cccc(C(NC(=O)C2CC(F)CN2C(=O)Cc2cn[nH]n2)c2ccc(C(C)C)c(F)n2)c1. The number of hydrogen-bond donors (Lipinski definition) is 4. The van der Waals surface area contributed by atoms with Crippen molar-refractivity contribution in [3.8, 4) is 0 Å². The number of alkyl halides is 1. The van der Waals surface area contributed by atoms with Crippen LogP contribution in [-0.2, 0) is 22.6 Å². The average molecular weight is 555 g/mol. The summed E-state index contributed by atoms with van der Waals surface area (Å²) < 4.78 is 29.5. The molecule has 0 spiro atoms. The van der Waals surface area contributed by atoms with E-state index in [2.05, 4.69) is 36.3 Å². The quantitative estimate of drug-likeness (QED) is 0.299. The number of likely N-dealkylation sites (tertiary alicyclic amines) is 1. The molecule has 3 aromatic rings. The van der Waals surface area contributed by atoms with Crippen molar-refractivity contribution in [1.29, 1.82) is 0 Å². The molecule has 11 nitrogen and oxygen atoms in total. The monoisotopic (exact) mass is 554 g/mol. The normalized spacial score (nSPS) is 17.5. The third-order valence-corrected chi connectivity index (χ3v) is 6.74. The van der Waals surface area contributed by atoms with Crippen LogP contribution in [0.5, 0.6) is 0 Å². The maximum Gasteiger partial charge on any atom is 0.314 e. The van der Waals surface area contributed by atoms with Crippen LogP contribution >= 0.6 is 0 Å². The summed E-state index contributed by atoms with van der Waals surface area (Å²) in [7, 11) is 1.50. The second-order valence-electron chi connectivity index (χ2n) is 9.92. The second-order valence-corrected chi connectivity index (χ2v) is 9.92. The molecule has 4 N–H and O–H groups in total. The molecule has 1 aromatic carbocycles. The third kappa shape index (κ3) is 6.77. The molecule has 2 aromatic heterocycles. The van der Waals surface area contributed by atoms with Crippen molar-refractivity contribution in [1.82, 2.24) is 41.2 Å². The first-order valence-electron chi connectivity index (χ1n) is 13.0. The van der Waals surface area contributed by atoms with Gasteiger partial charge in [-0.25, -0.2) is 14.2 Å². The fourth-order valence-electron chi connectivity index (χ4n) is 4.65. The van der Waals surface area contributed by atoms with Crippen LogP contribution in [0.1, 0.15) is 60.3 Å². The molecule has 3 heterocycles. The third-order valence-electron chi connectivity index (χ3n) is 6.74. The molecule has 0 saturated carbocycles. The zero-order valence-electron chi connectivity index (χ0n) is 22.4. The van der Waals surface area contributed by atoms with Gasteiger partial charge in [0.25, 0.3) is 0 Å². The first kappa shape index (κ1) is 28.6. The van der Waals surface area contributed by atoms with Gasteiger partial charge in [0, 0.05) is 25.6 Å². The van der Waals surface area contributed by atoms with Gasteiger partial charge in [-0.3, -0.25) is 9.59 Å². The summed E-state index contributed by atoms with van der Waals surface area (Å²) in [6.07, 6.45) is -0.303. The maximum absolute atomic E-state index is 14.9. The van der Waals surface area contributed by atoms with Crippen molar-refractivity contribution < 1.29 is 23.2 Å². The number of hydrogen-bond acceptors (Lipinski definition) is 6. The Hall–Kier alpha value is -4.42. The molecule has 1 fully saturated rings. The van der Waals surface area contributed by atoms with Crippen LogP contribution in [0.3, 0.4) is 0 Å². The summed E-state index contributed by atoms with van der Waals surface area (Å²) in [5.41, 5.74) is 2.34. The van der Waals surface area contributed by atoms with Crippen molar-refractivity contribution in [3.63, 3.8) is 0 Å². The molecular weight excluding hydrogens is 522 g/mol. The van der Waals surface area contributed by atoms with Crippen molar-refractivity contribution in [2.24, 2.45) is 0 Å². The first-order chi connectivity index (χ1) is 19.2. The van der Waals surface area contributed by atoms with E-state index in [9.17, 15) is 23.2 Å². The number of rotatable bonds is 9. The molecular formula is C27H32F2N8O3. The summed E-state index contributed by atoms with van der Waals surface area (Å²) in [6.45, 7) is 3.68. The second kappa shape index (κ2) is 12.6. The highest BCUT2D eigenvalue weighted by molar-refractivity contribution is 5.89. The van der Waals surface area contributed by atoms with E-state index >= 15 is 0 Å². The van der Waals surface area contributed by atoms with Gasteiger partial charge < -0.3 is 20.9 Å². The van der Waals surface area contributed by atoms with E-state index in [1.54, 1.807) is 36.4 Å². The Bertz CT molecular complexity index is 1350. The van der Waals surface area contributed by atoms with E-state index in [4.69, 9.17) is 0 Å². The number of pyridine rings is 1. The fourth-order valence-corrected chi connectivity index (χ4v) is 4.65. The van der Waals surface area contributed by atoms with Crippen LogP contribution in [0.15, 0.2) is 42.6 Å². The van der Waals surface area contributed by atoms with E-state index in [1.165, 1.54) is 18.1 Å². The van der Waals surface area contributed by atoms with Crippen molar-refractivity contribution in [2.45, 2.75) is 57.4 Å². The van der Waals surface area contributed by atoms with Crippen LogP contribution in [0.4, 0.5) is 13.6 Å². The van der Waals surface area contributed by atoms with E-state index in [-0.39, 0.29) is 43.6 Å². The molecule has 13 heteroatoms. The van der Waals surface area contributed by atoms with Gasteiger partial charge in [0.05, 0.1) is 36.6 Å². The van der Waals surface area contributed by atoms with Gasteiger partial charge in [-0.2, -0.15) is 19.8 Å². The number of nitrogens with one attached hydrogen (secondary N) is 4. The Morgan fingerprint density at radius 3 is 2.67 bits per heavy atom. The Kier molecular flexibility index (Phi) is 9.02. The average Bonchev–Trinajstić information content (AvgIpc) is 3.59. The van der Waals surface area contributed by atoms with Gasteiger partial charge in [0.15, 0.2) is 0 Å². The van der Waals surface area contributed by atoms with E-state index in [0.29, 0.717) is 16.8 Å². The van der Waals surface area contributed by atoms with Crippen LogP contribution < -0.4 is 16.0 Å². The summed E-state index contributed by atoms with van der Waals surface area (Å²) in [5.74, 6) is -1.81. The van der Waals surface area contributed by atoms with Crippen LogP contribution in [0.2, 0.25) is 0 Å². The summed E-state index contributed by atoms with van der Waals surface area (Å²) in [6, 6.07) is 7.96. The lowest BCUT2D eigenvalue weighted by Gasteiger charge is -2.27. The standard InChI is InChI=1S/C27H32F2N8O3/c1-15(2)20-7-8-21(33-25(20)29)24(17-6-4-5-16(9-17)12-31-27(40)30-3)34-26(39)22-10-18(28)14-37(22)23(38)11-19-13-32-36-35-19/h4-9,13,15,18,22,24H,10-12,14H2,1-3H3,(H,34,39)(H2,30,31,40)(H,32,35,36). The van der Waals surface area contributed by atoms with Crippen LogP contribution in [0.25, 0.3) is 0 Å². The smallest absolute Gasteiger partial charge is 0.314 e. The molecule has 3 unspecified atom stereocenters. The fraction of sp³-hybridized carbons (Fsp3) is 0.407. The number of halogens is 2. The highest BCUT2D eigenvalue weighted by Crippen LogP contribution is 2.27. The Balaban J connectivity index is 1.62. The number of carbonyl (C=O) groups excluding carboxylic acids is 3. The van der Waals surface area contributed by atoms with Gasteiger partial charge in [0.1, 0.15) is 12.2 Å². The lowest BCUT2D eigenvalue weighted by Crippen LogP contribution is -2.47. The molecule has 3 atom stereocenters. The first-order valence-corrected chi connectivity index (χ1v) is 13.0. The number of aromatic nitrogens is 4. The molecule has 0 aliphatic carbocycles. The Morgan fingerprint density at radius 1 is 1.20 bits per heavy atom. The molecule has 0 bridgehead atoms. The van der Waals surface area contributed by atoms with E-state index < -0.39 is 36.0 Å². The predicted molar refractivity (Wildman–Crippen MR) is 141 cm³/mol. The molecule has 212 valence electrons. The summed E-state index contributed by atoms with van der Waals surface area (Å²) in [5, 5.41) is 18.0. The minimum absolute atomic E-state index is 0.0991. The molecule has 4 amide bonds. The van der Waals surface area contributed by atoms with Crippen molar-refractivity contribution in [2.75, 3.05) is 13.6 Å². The molecule has 40 heavy (non-hydrogen) atoms. The zero-order valence-corrected chi connectivity index (χ0v) is 22.4. The highest BCUT2D eigenvalue weighted by atomic mass is 19.1. The van der Waals surface area contributed by atoms with Gasteiger partial charge >= 0.3 is 6.03 Å². The minimum atomic E-state index is -1.38. The maximum atomic E-state index is 14.9. The molecule has 1 saturated heterocycles. The van der Waals surface area contributed by atoms with E-state index in [1.807, 2.05) is 13.8 Å². The topological polar surface area (TPSA) is 145 Å². The number of benzene rings is 1. The van der Waals surface area contributed by atoms with Crippen molar-refractivity contribution in [3.05, 3.63) is 76.6 Å². The molecule has 0 radical (unpaired) electrons. The largest absolute Gasteiger partial charge is 0.342 e. The minimum Gasteiger partial charge on any atom is -0.342 e. The van der Waals surface area contributed by atoms with Crippen molar-refractivity contribution >= 4 is 17.8 Å². The number of H-pyrrole nitrogens is 1. The van der Waals surface area contributed by atoms with Gasteiger partial charge in [-0.05, 0) is 23.1 Å². The number of nitrogens with zero attached hydrogens (tertiary/aromatic N) is 4. The molecule has 1 aliphatic rings. The number of carbonyl (C=O) groups is 3. The van der Waals surface area contributed by atoms with Crippen LogP contribution in [-0.4, -0.2) is 68.9 Å². The van der Waals surface area contributed by atoms with Gasteiger partial charge in [0.2, 0.25) is 17.8 Å². The van der Waals surface area contributed by atoms with Gasteiger partial charge in [-0.15, -0.1) is 0 Å². The highest BCUT2D eigenvalue weighted by Gasteiger charge is 2.40. The van der Waals surface area contributed by atoms with Crippen LogP contribution in [0, 0.1) is 5.95 Å². The summed E-state index contributed by atoms with van der Waals surface area (Å²) >= 11 is 0. The molecule has 4 rings (SSSR count). The number of aromatic amines is 1. The lowest BCUT2D eigenvalue weighted by atomic mass is 9.98.